The minimum absolute atomic E-state index is 0.538. The van der Waals surface area contributed by atoms with Crippen molar-refractivity contribution in [2.24, 2.45) is 11.7 Å². The van der Waals surface area contributed by atoms with Crippen molar-refractivity contribution in [3.63, 3.8) is 0 Å². The van der Waals surface area contributed by atoms with Crippen LogP contribution in [0, 0.1) is 5.92 Å². The van der Waals surface area contributed by atoms with Crippen molar-refractivity contribution in [1.29, 1.82) is 0 Å². The fraction of sp³-hybridized carbons (Fsp3) is 0.500. The third-order valence-electron chi connectivity index (χ3n) is 4.39. The predicted octanol–water partition coefficient (Wildman–Crippen LogP) is 3.63. The lowest BCUT2D eigenvalue weighted by atomic mass is 9.96. The number of hydrogen-bond acceptors (Lipinski definition) is 3. The quantitative estimate of drug-likeness (QED) is 0.926. The third-order valence-corrected chi connectivity index (χ3v) is 5.67. The Labute approximate surface area is 119 Å². The number of likely N-dealkylation sites (tertiary alicyclic amines) is 1. The first-order chi connectivity index (χ1) is 9.28. The van der Waals surface area contributed by atoms with Crippen LogP contribution in [0.5, 0.6) is 0 Å². The van der Waals surface area contributed by atoms with E-state index in [9.17, 15) is 0 Å². The van der Waals surface area contributed by atoms with E-state index >= 15 is 0 Å². The second kappa shape index (κ2) is 5.61. The molecule has 0 bridgehead atoms. The van der Waals surface area contributed by atoms with Gasteiger partial charge in [-0.3, -0.25) is 4.90 Å². The van der Waals surface area contributed by atoms with E-state index in [0.29, 0.717) is 6.04 Å². The number of piperidine rings is 1. The van der Waals surface area contributed by atoms with Gasteiger partial charge in [0.15, 0.2) is 0 Å². The molecule has 1 saturated heterocycles. The molecular weight excluding hydrogens is 252 g/mol. The van der Waals surface area contributed by atoms with Gasteiger partial charge in [-0.15, -0.1) is 11.3 Å². The lowest BCUT2D eigenvalue weighted by Gasteiger charge is -2.35. The predicted molar refractivity (Wildman–Crippen MR) is 83.6 cm³/mol. The zero-order valence-electron chi connectivity index (χ0n) is 11.5. The number of hydrogen-bond donors (Lipinski definition) is 1. The largest absolute Gasteiger partial charge is 0.330 e. The summed E-state index contributed by atoms with van der Waals surface area (Å²) in [6, 6.07) is 11.6. The van der Waals surface area contributed by atoms with Crippen LogP contribution in [-0.2, 0) is 0 Å². The van der Waals surface area contributed by atoms with Crippen LogP contribution in [0.1, 0.15) is 30.7 Å². The standard InChI is InChI=1S/C16H22N2S/c1-12(18-8-6-13(11-17)7-9-18)16-10-14-4-2-3-5-15(14)19-16/h2-5,10,12-13H,6-9,11,17H2,1H3. The second-order valence-electron chi connectivity index (χ2n) is 5.58. The SMILES string of the molecule is CC(c1cc2ccccc2s1)N1CCC(CN)CC1. The Hall–Kier alpha value is -0.900. The Morgan fingerprint density at radius 3 is 2.74 bits per heavy atom. The molecule has 3 rings (SSSR count). The summed E-state index contributed by atoms with van der Waals surface area (Å²) in [6.45, 7) is 5.58. The molecule has 0 amide bonds. The van der Waals surface area contributed by atoms with Gasteiger partial charge in [0.05, 0.1) is 0 Å². The normalized spacial score (nSPS) is 19.9. The Bertz CT molecular complexity index is 507. The molecule has 1 fully saturated rings. The molecule has 1 aromatic carbocycles. The molecule has 0 spiro atoms. The highest BCUT2D eigenvalue weighted by molar-refractivity contribution is 7.19. The van der Waals surface area contributed by atoms with Crippen molar-refractivity contribution < 1.29 is 0 Å². The Kier molecular flexibility index (Phi) is 3.87. The zero-order valence-corrected chi connectivity index (χ0v) is 12.3. The molecule has 3 heteroatoms. The average Bonchev–Trinajstić information content (AvgIpc) is 2.90. The van der Waals surface area contributed by atoms with Gasteiger partial charge in [0, 0.05) is 15.6 Å². The van der Waals surface area contributed by atoms with Crippen LogP contribution in [0.25, 0.3) is 10.1 Å². The van der Waals surface area contributed by atoms with Gasteiger partial charge in [-0.05, 0) is 62.8 Å². The molecule has 1 aromatic heterocycles. The first kappa shape index (κ1) is 13.1. The second-order valence-corrected chi connectivity index (χ2v) is 6.69. The minimum atomic E-state index is 0.538. The van der Waals surface area contributed by atoms with Crippen molar-refractivity contribution in [2.45, 2.75) is 25.8 Å². The van der Waals surface area contributed by atoms with Gasteiger partial charge >= 0.3 is 0 Å². The lowest BCUT2D eigenvalue weighted by molar-refractivity contribution is 0.145. The summed E-state index contributed by atoms with van der Waals surface area (Å²) in [5.41, 5.74) is 5.77. The van der Waals surface area contributed by atoms with Crippen LogP contribution < -0.4 is 5.73 Å². The van der Waals surface area contributed by atoms with Gasteiger partial charge in [0.25, 0.3) is 0 Å². The number of rotatable bonds is 3. The maximum absolute atomic E-state index is 5.77. The molecule has 0 aliphatic carbocycles. The first-order valence-corrected chi connectivity index (χ1v) is 8.02. The van der Waals surface area contributed by atoms with Crippen LogP contribution >= 0.6 is 11.3 Å². The van der Waals surface area contributed by atoms with Gasteiger partial charge in [-0.25, -0.2) is 0 Å². The molecule has 2 aromatic rings. The summed E-state index contributed by atoms with van der Waals surface area (Å²) in [5, 5.41) is 1.38. The van der Waals surface area contributed by atoms with Gasteiger partial charge in [0.1, 0.15) is 0 Å². The van der Waals surface area contributed by atoms with Gasteiger partial charge in [0.2, 0.25) is 0 Å². The minimum Gasteiger partial charge on any atom is -0.330 e. The average molecular weight is 274 g/mol. The summed E-state index contributed by atoms with van der Waals surface area (Å²) in [4.78, 5) is 4.10. The fourth-order valence-corrected chi connectivity index (χ4v) is 4.12. The molecule has 2 nitrogen and oxygen atoms in total. The van der Waals surface area contributed by atoms with Gasteiger partial charge < -0.3 is 5.73 Å². The van der Waals surface area contributed by atoms with Crippen LogP contribution in [-0.4, -0.2) is 24.5 Å². The topological polar surface area (TPSA) is 29.3 Å². The first-order valence-electron chi connectivity index (χ1n) is 7.20. The molecule has 0 saturated carbocycles. The maximum atomic E-state index is 5.77. The molecule has 19 heavy (non-hydrogen) atoms. The maximum Gasteiger partial charge on any atom is 0.0413 e. The van der Waals surface area contributed by atoms with E-state index < -0.39 is 0 Å². The van der Waals surface area contributed by atoms with Crippen molar-refractivity contribution in [1.82, 2.24) is 4.90 Å². The zero-order chi connectivity index (χ0) is 13.2. The number of fused-ring (bicyclic) bond motifs is 1. The summed E-state index contributed by atoms with van der Waals surface area (Å²) in [7, 11) is 0. The summed E-state index contributed by atoms with van der Waals surface area (Å²) in [6.07, 6.45) is 2.51. The molecular formula is C16H22N2S. The van der Waals surface area contributed by atoms with Gasteiger partial charge in [-0.2, -0.15) is 0 Å². The Morgan fingerprint density at radius 2 is 2.05 bits per heavy atom. The molecule has 2 N–H and O–H groups in total. The number of nitrogens with zero attached hydrogens (tertiary/aromatic N) is 1. The molecule has 1 aliphatic rings. The smallest absolute Gasteiger partial charge is 0.0413 e. The van der Waals surface area contributed by atoms with Crippen LogP contribution in [0.2, 0.25) is 0 Å². The summed E-state index contributed by atoms with van der Waals surface area (Å²) in [5.74, 6) is 0.742. The summed E-state index contributed by atoms with van der Waals surface area (Å²) < 4.78 is 1.40. The van der Waals surface area contributed by atoms with Crippen LogP contribution in [0.4, 0.5) is 0 Å². The van der Waals surface area contributed by atoms with E-state index in [1.807, 2.05) is 11.3 Å². The van der Waals surface area contributed by atoms with E-state index in [0.717, 1.165) is 12.5 Å². The third kappa shape index (κ3) is 2.69. The van der Waals surface area contributed by atoms with E-state index in [-0.39, 0.29) is 0 Å². The van der Waals surface area contributed by atoms with E-state index in [1.54, 1.807) is 0 Å². The molecule has 1 unspecified atom stereocenters. The monoisotopic (exact) mass is 274 g/mol. The fourth-order valence-electron chi connectivity index (χ4n) is 2.96. The van der Waals surface area contributed by atoms with Crippen LogP contribution in [0.15, 0.2) is 30.3 Å². The van der Waals surface area contributed by atoms with Crippen molar-refractivity contribution in [2.75, 3.05) is 19.6 Å². The van der Waals surface area contributed by atoms with E-state index in [4.69, 9.17) is 5.73 Å². The van der Waals surface area contributed by atoms with Crippen molar-refractivity contribution in [3.8, 4) is 0 Å². The number of benzene rings is 1. The van der Waals surface area contributed by atoms with Crippen molar-refractivity contribution >= 4 is 21.4 Å². The van der Waals surface area contributed by atoms with Gasteiger partial charge in [-0.1, -0.05) is 18.2 Å². The Balaban J connectivity index is 1.74. The van der Waals surface area contributed by atoms with Crippen LogP contribution in [0.3, 0.4) is 0 Å². The highest BCUT2D eigenvalue weighted by Crippen LogP contribution is 2.34. The molecule has 102 valence electrons. The molecule has 1 atom stereocenters. The van der Waals surface area contributed by atoms with E-state index in [1.165, 1.54) is 40.9 Å². The number of thiophene rings is 1. The lowest BCUT2D eigenvalue weighted by Crippen LogP contribution is -2.37. The highest BCUT2D eigenvalue weighted by Gasteiger charge is 2.23. The van der Waals surface area contributed by atoms with Crippen molar-refractivity contribution in [3.05, 3.63) is 35.2 Å². The van der Waals surface area contributed by atoms with E-state index in [2.05, 4.69) is 42.2 Å². The molecule has 0 radical (unpaired) electrons. The summed E-state index contributed by atoms with van der Waals surface area (Å²) >= 11 is 1.94. The molecule has 2 heterocycles. The Morgan fingerprint density at radius 1 is 1.32 bits per heavy atom. The highest BCUT2D eigenvalue weighted by atomic mass is 32.1. The number of nitrogens with two attached hydrogens (primary N) is 1. The molecule has 1 aliphatic heterocycles.